The lowest BCUT2D eigenvalue weighted by molar-refractivity contribution is -0.121. The molecule has 3 atom stereocenters. The average molecular weight is 335 g/mol. The molecule has 132 valence electrons. The largest absolute Gasteiger partial charge is 0.300 e. The summed E-state index contributed by atoms with van der Waals surface area (Å²) in [6.07, 6.45) is 2.02. The fraction of sp³-hybridized carbons (Fsp3) is 0.650. The van der Waals surface area contributed by atoms with E-state index in [1.54, 1.807) is 12.1 Å². The molecule has 0 radical (unpaired) electrons. The Kier molecular flexibility index (Phi) is 4.78. The Labute approximate surface area is 143 Å². The van der Waals surface area contributed by atoms with Crippen molar-refractivity contribution in [3.63, 3.8) is 0 Å². The number of carbonyl (C=O) groups excluding carboxylic acids is 1. The lowest BCUT2D eigenvalue weighted by Gasteiger charge is -2.23. The van der Waals surface area contributed by atoms with E-state index in [0.717, 1.165) is 32.0 Å². The van der Waals surface area contributed by atoms with Crippen LogP contribution in [0.4, 0.5) is 8.78 Å². The number of likely N-dealkylation sites (tertiary alicyclic amines) is 1. The predicted octanol–water partition coefficient (Wildman–Crippen LogP) is 4.28. The molecule has 1 aliphatic carbocycles. The second-order valence-corrected chi connectivity index (χ2v) is 7.81. The first kappa shape index (κ1) is 17.5. The Morgan fingerprint density at radius 1 is 1.29 bits per heavy atom. The lowest BCUT2D eigenvalue weighted by atomic mass is 10.00. The van der Waals surface area contributed by atoms with E-state index in [2.05, 4.69) is 18.7 Å². The predicted molar refractivity (Wildman–Crippen MR) is 91.1 cm³/mol. The summed E-state index contributed by atoms with van der Waals surface area (Å²) in [4.78, 5) is 14.8. The van der Waals surface area contributed by atoms with Crippen LogP contribution in [0.15, 0.2) is 24.3 Å². The SMILES string of the molecule is CC(C)N1C[C@@H]2C(C(=O)CCCc3cccc(C(C)(F)F)c3)[C@@H]2C1. The number of hydrogen-bond donors (Lipinski definition) is 0. The van der Waals surface area contributed by atoms with Gasteiger partial charge in [-0.2, -0.15) is 0 Å². The van der Waals surface area contributed by atoms with Crippen LogP contribution in [0.25, 0.3) is 0 Å². The summed E-state index contributed by atoms with van der Waals surface area (Å²) >= 11 is 0. The van der Waals surface area contributed by atoms with Crippen molar-refractivity contribution in [2.24, 2.45) is 17.8 Å². The zero-order chi connectivity index (χ0) is 17.5. The van der Waals surface area contributed by atoms with E-state index in [4.69, 9.17) is 0 Å². The number of halogens is 2. The van der Waals surface area contributed by atoms with Crippen molar-refractivity contribution in [2.75, 3.05) is 13.1 Å². The highest BCUT2D eigenvalue weighted by atomic mass is 19.3. The first-order valence-electron chi connectivity index (χ1n) is 9.01. The molecular formula is C20H27F2NO. The molecule has 1 aliphatic heterocycles. The summed E-state index contributed by atoms with van der Waals surface area (Å²) in [5.74, 6) is -1.01. The van der Waals surface area contributed by atoms with Crippen LogP contribution in [-0.4, -0.2) is 29.8 Å². The normalized spacial score (nSPS) is 26.7. The van der Waals surface area contributed by atoms with Gasteiger partial charge in [0.2, 0.25) is 0 Å². The molecule has 1 unspecified atom stereocenters. The molecule has 1 saturated heterocycles. The minimum Gasteiger partial charge on any atom is -0.300 e. The van der Waals surface area contributed by atoms with Gasteiger partial charge in [-0.05, 0) is 50.2 Å². The summed E-state index contributed by atoms with van der Waals surface area (Å²) < 4.78 is 26.7. The van der Waals surface area contributed by atoms with Crippen molar-refractivity contribution in [3.8, 4) is 0 Å². The highest BCUT2D eigenvalue weighted by Gasteiger charge is 2.58. The fourth-order valence-electron chi connectivity index (χ4n) is 4.09. The number of alkyl halides is 2. The van der Waals surface area contributed by atoms with E-state index in [0.29, 0.717) is 36.5 Å². The van der Waals surface area contributed by atoms with Gasteiger partial charge < -0.3 is 4.90 Å². The maximum Gasteiger partial charge on any atom is 0.270 e. The van der Waals surface area contributed by atoms with Crippen LogP contribution in [0.1, 0.15) is 44.7 Å². The molecule has 0 spiro atoms. The van der Waals surface area contributed by atoms with Gasteiger partial charge in [0.05, 0.1) is 0 Å². The molecule has 2 nitrogen and oxygen atoms in total. The lowest BCUT2D eigenvalue weighted by Crippen LogP contribution is -2.32. The first-order valence-corrected chi connectivity index (χ1v) is 9.01. The van der Waals surface area contributed by atoms with Crippen molar-refractivity contribution < 1.29 is 13.6 Å². The molecule has 0 amide bonds. The van der Waals surface area contributed by atoms with Gasteiger partial charge in [0, 0.05) is 44.0 Å². The summed E-state index contributed by atoms with van der Waals surface area (Å²) in [7, 11) is 0. The zero-order valence-corrected chi connectivity index (χ0v) is 14.8. The van der Waals surface area contributed by atoms with E-state index >= 15 is 0 Å². The maximum absolute atomic E-state index is 13.4. The molecule has 4 heteroatoms. The van der Waals surface area contributed by atoms with E-state index in [-0.39, 0.29) is 11.5 Å². The van der Waals surface area contributed by atoms with E-state index in [1.165, 1.54) is 6.07 Å². The summed E-state index contributed by atoms with van der Waals surface area (Å²) in [6, 6.07) is 7.14. The second kappa shape index (κ2) is 6.55. The third-order valence-electron chi connectivity index (χ3n) is 5.65. The Morgan fingerprint density at radius 3 is 2.54 bits per heavy atom. The van der Waals surface area contributed by atoms with Crippen LogP contribution < -0.4 is 0 Å². The van der Waals surface area contributed by atoms with Gasteiger partial charge in [-0.25, -0.2) is 8.78 Å². The molecular weight excluding hydrogens is 308 g/mol. The Hall–Kier alpha value is -1.29. The van der Waals surface area contributed by atoms with Crippen molar-refractivity contribution in [1.29, 1.82) is 0 Å². The van der Waals surface area contributed by atoms with Crippen LogP contribution in [0.3, 0.4) is 0 Å². The van der Waals surface area contributed by atoms with Gasteiger partial charge in [-0.1, -0.05) is 18.2 Å². The van der Waals surface area contributed by atoms with Crippen LogP contribution >= 0.6 is 0 Å². The maximum atomic E-state index is 13.4. The topological polar surface area (TPSA) is 20.3 Å². The number of carbonyl (C=O) groups is 1. The fourth-order valence-corrected chi connectivity index (χ4v) is 4.09. The number of piperidine rings is 1. The standard InChI is InChI=1S/C20H27F2NO/c1-13(2)23-11-16-17(12-23)19(16)18(24)9-5-7-14-6-4-8-15(10-14)20(3,21)22/h4,6,8,10,13,16-17,19H,5,7,9,11-12H2,1-3H3/t16-,17+,19?. The van der Waals surface area contributed by atoms with E-state index in [1.807, 2.05) is 6.07 Å². The van der Waals surface area contributed by atoms with Gasteiger partial charge in [-0.3, -0.25) is 4.79 Å². The van der Waals surface area contributed by atoms with Gasteiger partial charge in [0.25, 0.3) is 5.92 Å². The highest BCUT2D eigenvalue weighted by Crippen LogP contribution is 2.53. The zero-order valence-electron chi connectivity index (χ0n) is 14.8. The van der Waals surface area contributed by atoms with Crippen molar-refractivity contribution in [1.82, 2.24) is 4.90 Å². The third kappa shape index (κ3) is 3.69. The van der Waals surface area contributed by atoms with Crippen LogP contribution in [0, 0.1) is 17.8 Å². The number of fused-ring (bicyclic) bond motifs is 1. The van der Waals surface area contributed by atoms with Gasteiger partial charge in [-0.15, -0.1) is 0 Å². The number of hydrogen-bond acceptors (Lipinski definition) is 2. The molecule has 24 heavy (non-hydrogen) atoms. The van der Waals surface area contributed by atoms with Crippen molar-refractivity contribution in [3.05, 3.63) is 35.4 Å². The average Bonchev–Trinajstić information content (AvgIpc) is 3.00. The summed E-state index contributed by atoms with van der Waals surface area (Å²) in [5, 5.41) is 0. The minimum atomic E-state index is -2.81. The molecule has 1 heterocycles. The van der Waals surface area contributed by atoms with E-state index < -0.39 is 5.92 Å². The van der Waals surface area contributed by atoms with Crippen LogP contribution in [-0.2, 0) is 17.1 Å². The number of aryl methyl sites for hydroxylation is 1. The van der Waals surface area contributed by atoms with Crippen LogP contribution in [0.2, 0.25) is 0 Å². The minimum absolute atomic E-state index is 0.0526. The molecule has 0 aromatic heterocycles. The van der Waals surface area contributed by atoms with Crippen molar-refractivity contribution >= 4 is 5.78 Å². The van der Waals surface area contributed by atoms with Gasteiger partial charge in [0.15, 0.2) is 0 Å². The third-order valence-corrected chi connectivity index (χ3v) is 5.65. The molecule has 1 aromatic rings. The highest BCUT2D eigenvalue weighted by molar-refractivity contribution is 5.84. The number of ketones is 1. The Balaban J connectivity index is 1.44. The number of Topliss-reactive ketones (excluding diaryl/α,β-unsaturated/α-hetero) is 1. The van der Waals surface area contributed by atoms with Crippen molar-refractivity contribution in [2.45, 2.75) is 52.0 Å². The van der Waals surface area contributed by atoms with Gasteiger partial charge >= 0.3 is 0 Å². The quantitative estimate of drug-likeness (QED) is 0.741. The number of rotatable bonds is 7. The number of nitrogens with zero attached hydrogens (tertiary/aromatic N) is 1. The second-order valence-electron chi connectivity index (χ2n) is 7.81. The molecule has 3 rings (SSSR count). The number of benzene rings is 1. The molecule has 1 aromatic carbocycles. The van der Waals surface area contributed by atoms with Crippen LogP contribution in [0.5, 0.6) is 0 Å². The molecule has 0 bridgehead atoms. The molecule has 0 N–H and O–H groups in total. The monoisotopic (exact) mass is 335 g/mol. The summed E-state index contributed by atoms with van der Waals surface area (Å²) in [5.41, 5.74) is 0.945. The Morgan fingerprint density at radius 2 is 1.96 bits per heavy atom. The van der Waals surface area contributed by atoms with Gasteiger partial charge in [0.1, 0.15) is 5.78 Å². The molecule has 2 aliphatic rings. The molecule has 1 saturated carbocycles. The molecule has 2 fully saturated rings. The smallest absolute Gasteiger partial charge is 0.270 e. The first-order chi connectivity index (χ1) is 11.3. The summed E-state index contributed by atoms with van der Waals surface area (Å²) in [6.45, 7) is 7.45. The van der Waals surface area contributed by atoms with E-state index in [9.17, 15) is 13.6 Å². The Bertz CT molecular complexity index is 596.